The van der Waals surface area contributed by atoms with E-state index in [2.05, 4.69) is 9.98 Å². The Hall–Kier alpha value is -2.63. The first-order valence-electron chi connectivity index (χ1n) is 6.85. The van der Waals surface area contributed by atoms with Gasteiger partial charge in [0.25, 0.3) is 0 Å². The van der Waals surface area contributed by atoms with Crippen molar-refractivity contribution in [3.05, 3.63) is 36.0 Å². The molecule has 0 aliphatic heterocycles. The average molecular weight is 300 g/mol. The van der Waals surface area contributed by atoms with Crippen molar-refractivity contribution in [1.29, 1.82) is 0 Å². The molecule has 0 radical (unpaired) electrons. The predicted octanol–water partition coefficient (Wildman–Crippen LogP) is 2.13. The Morgan fingerprint density at radius 2 is 1.82 bits per heavy atom. The van der Waals surface area contributed by atoms with Gasteiger partial charge in [-0.25, -0.2) is 9.79 Å². The summed E-state index contributed by atoms with van der Waals surface area (Å²) in [7, 11) is 9.08. The van der Waals surface area contributed by atoms with Gasteiger partial charge in [0.05, 0.1) is 23.9 Å². The smallest absolute Gasteiger partial charge is 0.338 e. The largest absolute Gasteiger partial charge is 0.465 e. The zero-order chi connectivity index (χ0) is 16.3. The van der Waals surface area contributed by atoms with E-state index in [1.165, 1.54) is 7.11 Å². The third kappa shape index (κ3) is 3.00. The van der Waals surface area contributed by atoms with Crippen LogP contribution in [-0.4, -0.2) is 62.0 Å². The normalized spacial score (nSPS) is 10.2. The standard InChI is InChI=1S/C16H20N4O2/c1-19(2)16(20(3)4)18-13-8-6-7-11-12(15(21)22-5)9-10-17-14(11)13/h6-10H,1-5H3. The second kappa shape index (κ2) is 6.43. The van der Waals surface area contributed by atoms with E-state index in [9.17, 15) is 4.79 Å². The topological polar surface area (TPSA) is 58.0 Å². The summed E-state index contributed by atoms with van der Waals surface area (Å²) >= 11 is 0. The van der Waals surface area contributed by atoms with Gasteiger partial charge in [0.1, 0.15) is 0 Å². The summed E-state index contributed by atoms with van der Waals surface area (Å²) in [5, 5.41) is 0.729. The number of nitrogens with zero attached hydrogens (tertiary/aromatic N) is 4. The van der Waals surface area contributed by atoms with Gasteiger partial charge in [-0.15, -0.1) is 0 Å². The Morgan fingerprint density at radius 3 is 2.41 bits per heavy atom. The highest BCUT2D eigenvalue weighted by Gasteiger charge is 2.13. The maximum atomic E-state index is 11.9. The van der Waals surface area contributed by atoms with E-state index in [1.54, 1.807) is 12.3 Å². The summed E-state index contributed by atoms with van der Waals surface area (Å²) in [5.74, 6) is 0.409. The SMILES string of the molecule is COC(=O)c1ccnc2c(N=C(N(C)C)N(C)C)cccc12. The highest BCUT2D eigenvalue weighted by atomic mass is 16.5. The summed E-state index contributed by atoms with van der Waals surface area (Å²) in [6.45, 7) is 0. The molecule has 0 fully saturated rings. The molecule has 2 aromatic rings. The second-order valence-electron chi connectivity index (χ2n) is 5.22. The molecule has 6 heteroatoms. The van der Waals surface area contributed by atoms with E-state index in [-0.39, 0.29) is 5.97 Å². The summed E-state index contributed by atoms with van der Waals surface area (Å²) < 4.78 is 4.82. The van der Waals surface area contributed by atoms with Crippen molar-refractivity contribution in [1.82, 2.24) is 14.8 Å². The summed E-state index contributed by atoms with van der Waals surface area (Å²) in [6, 6.07) is 7.24. The van der Waals surface area contributed by atoms with Crippen molar-refractivity contribution in [2.75, 3.05) is 35.3 Å². The molecule has 0 spiro atoms. The van der Waals surface area contributed by atoms with Crippen LogP contribution < -0.4 is 0 Å². The third-order valence-corrected chi connectivity index (χ3v) is 3.18. The molecular formula is C16H20N4O2. The molecule has 116 valence electrons. The van der Waals surface area contributed by atoms with E-state index in [4.69, 9.17) is 4.74 Å². The van der Waals surface area contributed by atoms with Gasteiger partial charge in [-0.3, -0.25) is 4.98 Å². The van der Waals surface area contributed by atoms with Crippen LogP contribution in [0.5, 0.6) is 0 Å². The minimum atomic E-state index is -0.381. The maximum absolute atomic E-state index is 11.9. The van der Waals surface area contributed by atoms with Crippen LogP contribution in [0.3, 0.4) is 0 Å². The number of ether oxygens (including phenoxy) is 1. The van der Waals surface area contributed by atoms with Crippen LogP contribution in [0, 0.1) is 0 Å². The molecule has 0 saturated carbocycles. The number of pyridine rings is 1. The number of para-hydroxylation sites is 1. The van der Waals surface area contributed by atoms with Gasteiger partial charge in [-0.05, 0) is 12.1 Å². The number of fused-ring (bicyclic) bond motifs is 1. The molecule has 1 aromatic carbocycles. The van der Waals surface area contributed by atoms with E-state index < -0.39 is 0 Å². The second-order valence-corrected chi connectivity index (χ2v) is 5.22. The first kappa shape index (κ1) is 15.8. The lowest BCUT2D eigenvalue weighted by atomic mass is 10.1. The molecule has 0 amide bonds. The lowest BCUT2D eigenvalue weighted by Gasteiger charge is -2.22. The van der Waals surface area contributed by atoms with Crippen molar-refractivity contribution in [3.8, 4) is 0 Å². The number of rotatable bonds is 2. The fourth-order valence-corrected chi connectivity index (χ4v) is 2.25. The lowest BCUT2D eigenvalue weighted by Crippen LogP contribution is -2.35. The summed E-state index contributed by atoms with van der Waals surface area (Å²) in [4.78, 5) is 24.8. The van der Waals surface area contributed by atoms with E-state index in [0.717, 1.165) is 11.3 Å². The Morgan fingerprint density at radius 1 is 1.14 bits per heavy atom. The van der Waals surface area contributed by atoms with Crippen molar-refractivity contribution < 1.29 is 9.53 Å². The van der Waals surface area contributed by atoms with Crippen molar-refractivity contribution in [3.63, 3.8) is 0 Å². The first-order valence-corrected chi connectivity index (χ1v) is 6.85. The molecule has 0 N–H and O–H groups in total. The molecule has 1 heterocycles. The van der Waals surface area contributed by atoms with E-state index >= 15 is 0 Å². The molecule has 0 saturated heterocycles. The predicted molar refractivity (Wildman–Crippen MR) is 87.6 cm³/mol. The van der Waals surface area contributed by atoms with Gasteiger partial charge in [-0.1, -0.05) is 12.1 Å². The number of carbonyl (C=O) groups excluding carboxylic acids is 1. The third-order valence-electron chi connectivity index (χ3n) is 3.18. The number of carbonyl (C=O) groups is 1. The highest BCUT2D eigenvalue weighted by molar-refractivity contribution is 6.06. The zero-order valence-corrected chi connectivity index (χ0v) is 13.5. The van der Waals surface area contributed by atoms with Gasteiger partial charge in [0, 0.05) is 39.8 Å². The molecule has 0 aliphatic rings. The van der Waals surface area contributed by atoms with Crippen LogP contribution in [0.1, 0.15) is 10.4 Å². The molecule has 1 aromatic heterocycles. The number of aliphatic imine (C=N–C) groups is 1. The van der Waals surface area contributed by atoms with Gasteiger partial charge < -0.3 is 14.5 Å². The molecule has 0 bridgehead atoms. The number of esters is 1. The minimum Gasteiger partial charge on any atom is -0.465 e. The highest BCUT2D eigenvalue weighted by Crippen LogP contribution is 2.27. The van der Waals surface area contributed by atoms with E-state index in [1.807, 2.05) is 56.2 Å². The molecule has 0 atom stereocenters. The van der Waals surface area contributed by atoms with Crippen molar-refractivity contribution >= 4 is 28.5 Å². The van der Waals surface area contributed by atoms with E-state index in [0.29, 0.717) is 16.8 Å². The van der Waals surface area contributed by atoms with Crippen LogP contribution in [-0.2, 0) is 4.74 Å². The number of aromatic nitrogens is 1. The van der Waals surface area contributed by atoms with Crippen LogP contribution in [0.4, 0.5) is 5.69 Å². The molecular weight excluding hydrogens is 280 g/mol. The Labute approximate surface area is 130 Å². The monoisotopic (exact) mass is 300 g/mol. The van der Waals surface area contributed by atoms with Crippen molar-refractivity contribution in [2.45, 2.75) is 0 Å². The van der Waals surface area contributed by atoms with Crippen LogP contribution >= 0.6 is 0 Å². The van der Waals surface area contributed by atoms with Gasteiger partial charge in [0.15, 0.2) is 0 Å². The fourth-order valence-electron chi connectivity index (χ4n) is 2.25. The van der Waals surface area contributed by atoms with Crippen LogP contribution in [0.25, 0.3) is 10.9 Å². The number of hydrogen-bond donors (Lipinski definition) is 0. The number of methoxy groups -OCH3 is 1. The molecule has 2 rings (SSSR count). The first-order chi connectivity index (χ1) is 10.5. The van der Waals surface area contributed by atoms with Crippen molar-refractivity contribution in [2.24, 2.45) is 4.99 Å². The Bertz CT molecular complexity index is 713. The number of guanidine groups is 1. The molecule has 0 aliphatic carbocycles. The van der Waals surface area contributed by atoms with Gasteiger partial charge >= 0.3 is 5.97 Å². The van der Waals surface area contributed by atoms with Gasteiger partial charge in [0.2, 0.25) is 5.96 Å². The summed E-state index contributed by atoms with van der Waals surface area (Å²) in [6.07, 6.45) is 1.60. The number of hydrogen-bond acceptors (Lipinski definition) is 4. The molecule has 6 nitrogen and oxygen atoms in total. The quantitative estimate of drug-likeness (QED) is 0.483. The molecule has 22 heavy (non-hydrogen) atoms. The maximum Gasteiger partial charge on any atom is 0.338 e. The number of benzene rings is 1. The van der Waals surface area contributed by atoms with Gasteiger partial charge in [-0.2, -0.15) is 0 Å². The Balaban J connectivity index is 2.67. The fraction of sp³-hybridized carbons (Fsp3) is 0.312. The summed E-state index contributed by atoms with van der Waals surface area (Å²) in [5.41, 5.74) is 1.87. The minimum absolute atomic E-state index is 0.381. The molecule has 0 unspecified atom stereocenters. The Kier molecular flexibility index (Phi) is 4.60. The van der Waals surface area contributed by atoms with Crippen LogP contribution in [0.2, 0.25) is 0 Å². The lowest BCUT2D eigenvalue weighted by molar-refractivity contribution is 0.0603. The average Bonchev–Trinajstić information content (AvgIpc) is 2.50. The van der Waals surface area contributed by atoms with Crippen LogP contribution in [0.15, 0.2) is 35.5 Å². The zero-order valence-electron chi connectivity index (χ0n) is 13.5.